The second-order valence-corrected chi connectivity index (χ2v) is 6.25. The SMILES string of the molecule is COc1ccc(Br)cc1C(=O)N1CCC(N(C)C)CC1. The van der Waals surface area contributed by atoms with E-state index in [1.165, 1.54) is 0 Å². The van der Waals surface area contributed by atoms with E-state index < -0.39 is 0 Å². The Morgan fingerprint density at radius 3 is 2.55 bits per heavy atom. The molecule has 1 heterocycles. The van der Waals surface area contributed by atoms with E-state index in [-0.39, 0.29) is 5.91 Å². The molecule has 0 aliphatic carbocycles. The number of hydrogen-bond donors (Lipinski definition) is 0. The number of carbonyl (C=O) groups excluding carboxylic acids is 1. The number of benzene rings is 1. The van der Waals surface area contributed by atoms with Crippen LogP contribution in [0.25, 0.3) is 0 Å². The van der Waals surface area contributed by atoms with Gasteiger partial charge in [0, 0.05) is 23.6 Å². The Morgan fingerprint density at radius 1 is 1.35 bits per heavy atom. The lowest BCUT2D eigenvalue weighted by Crippen LogP contribution is -2.44. The summed E-state index contributed by atoms with van der Waals surface area (Å²) in [4.78, 5) is 16.8. The van der Waals surface area contributed by atoms with Crippen LogP contribution in [0.15, 0.2) is 22.7 Å². The average molecular weight is 341 g/mol. The molecule has 0 spiro atoms. The third-order valence-electron chi connectivity index (χ3n) is 3.87. The molecule has 0 bridgehead atoms. The summed E-state index contributed by atoms with van der Waals surface area (Å²) in [6.45, 7) is 1.61. The Hall–Kier alpha value is -1.07. The van der Waals surface area contributed by atoms with Crippen molar-refractivity contribution in [3.8, 4) is 5.75 Å². The van der Waals surface area contributed by atoms with E-state index in [2.05, 4.69) is 34.9 Å². The van der Waals surface area contributed by atoms with Crippen molar-refractivity contribution in [3.63, 3.8) is 0 Å². The summed E-state index contributed by atoms with van der Waals surface area (Å²) < 4.78 is 6.19. The zero-order valence-electron chi connectivity index (χ0n) is 12.2. The molecule has 1 amide bonds. The van der Waals surface area contributed by atoms with Crippen LogP contribution in [0.4, 0.5) is 0 Å². The minimum absolute atomic E-state index is 0.0559. The van der Waals surface area contributed by atoms with E-state index in [0.717, 1.165) is 30.4 Å². The predicted molar refractivity (Wildman–Crippen MR) is 83.3 cm³/mol. The van der Waals surface area contributed by atoms with Gasteiger partial charge in [-0.25, -0.2) is 0 Å². The Morgan fingerprint density at radius 2 is 2.00 bits per heavy atom. The highest BCUT2D eigenvalue weighted by atomic mass is 79.9. The first-order valence-electron chi connectivity index (χ1n) is 6.82. The molecule has 1 aromatic carbocycles. The fraction of sp³-hybridized carbons (Fsp3) is 0.533. The van der Waals surface area contributed by atoms with Crippen molar-refractivity contribution < 1.29 is 9.53 Å². The molecule has 1 aromatic rings. The molecule has 0 unspecified atom stereocenters. The lowest BCUT2D eigenvalue weighted by Gasteiger charge is -2.35. The number of hydrogen-bond acceptors (Lipinski definition) is 3. The predicted octanol–water partition coefficient (Wildman–Crippen LogP) is 2.62. The van der Waals surface area contributed by atoms with Crippen molar-refractivity contribution in [1.29, 1.82) is 0 Å². The number of carbonyl (C=O) groups is 1. The van der Waals surface area contributed by atoms with Gasteiger partial charge in [-0.2, -0.15) is 0 Å². The van der Waals surface area contributed by atoms with Crippen LogP contribution in [-0.2, 0) is 0 Å². The molecule has 5 heteroatoms. The first-order valence-corrected chi connectivity index (χ1v) is 7.61. The van der Waals surface area contributed by atoms with E-state index >= 15 is 0 Å². The van der Waals surface area contributed by atoms with Crippen LogP contribution < -0.4 is 4.74 Å². The van der Waals surface area contributed by atoms with Gasteiger partial charge in [0.1, 0.15) is 5.75 Å². The first-order chi connectivity index (χ1) is 9.52. The number of halogens is 1. The normalized spacial score (nSPS) is 16.6. The van der Waals surface area contributed by atoms with Gasteiger partial charge in [0.2, 0.25) is 0 Å². The average Bonchev–Trinajstić information content (AvgIpc) is 2.46. The standard InChI is InChI=1S/C15H21BrN2O2/c1-17(2)12-6-8-18(9-7-12)15(19)13-10-11(16)4-5-14(13)20-3/h4-5,10,12H,6-9H2,1-3H3. The first kappa shape index (κ1) is 15.3. The van der Waals surface area contributed by atoms with Gasteiger partial charge < -0.3 is 14.5 Å². The molecule has 4 nitrogen and oxygen atoms in total. The number of rotatable bonds is 3. The maximum atomic E-state index is 12.6. The summed E-state index contributed by atoms with van der Waals surface area (Å²) >= 11 is 3.41. The topological polar surface area (TPSA) is 32.8 Å². The van der Waals surface area contributed by atoms with Crippen LogP contribution in [0.5, 0.6) is 5.75 Å². The Bertz CT molecular complexity index is 483. The summed E-state index contributed by atoms with van der Waals surface area (Å²) in [7, 11) is 5.79. The van der Waals surface area contributed by atoms with E-state index in [4.69, 9.17) is 4.74 Å². The minimum atomic E-state index is 0.0559. The molecule has 0 saturated carbocycles. The molecule has 1 aliphatic heterocycles. The van der Waals surface area contributed by atoms with Gasteiger partial charge in [-0.05, 0) is 45.1 Å². The zero-order chi connectivity index (χ0) is 14.7. The van der Waals surface area contributed by atoms with Gasteiger partial charge >= 0.3 is 0 Å². The summed E-state index contributed by atoms with van der Waals surface area (Å²) in [6.07, 6.45) is 2.05. The monoisotopic (exact) mass is 340 g/mol. The largest absolute Gasteiger partial charge is 0.496 e. The fourth-order valence-electron chi connectivity index (χ4n) is 2.60. The van der Waals surface area contributed by atoms with E-state index in [9.17, 15) is 4.79 Å². The molecule has 0 atom stereocenters. The van der Waals surface area contributed by atoms with Crippen molar-refractivity contribution in [2.75, 3.05) is 34.3 Å². The van der Waals surface area contributed by atoms with Gasteiger partial charge in [0.15, 0.2) is 0 Å². The van der Waals surface area contributed by atoms with Gasteiger partial charge in [0.25, 0.3) is 5.91 Å². The van der Waals surface area contributed by atoms with Crippen molar-refractivity contribution in [2.45, 2.75) is 18.9 Å². The van der Waals surface area contributed by atoms with Gasteiger partial charge in [-0.15, -0.1) is 0 Å². The van der Waals surface area contributed by atoms with E-state index in [1.54, 1.807) is 7.11 Å². The molecular formula is C15H21BrN2O2. The smallest absolute Gasteiger partial charge is 0.257 e. The Balaban J connectivity index is 2.11. The van der Waals surface area contributed by atoms with Crippen molar-refractivity contribution in [1.82, 2.24) is 9.80 Å². The number of amides is 1. The summed E-state index contributed by atoms with van der Waals surface area (Å²) in [6, 6.07) is 6.11. The number of likely N-dealkylation sites (tertiary alicyclic amines) is 1. The van der Waals surface area contributed by atoms with Crippen molar-refractivity contribution in [2.24, 2.45) is 0 Å². The minimum Gasteiger partial charge on any atom is -0.496 e. The number of methoxy groups -OCH3 is 1. The van der Waals surface area contributed by atoms with Crippen LogP contribution in [0.2, 0.25) is 0 Å². The van der Waals surface area contributed by atoms with Gasteiger partial charge in [-0.1, -0.05) is 15.9 Å². The maximum absolute atomic E-state index is 12.6. The van der Waals surface area contributed by atoms with Crippen LogP contribution >= 0.6 is 15.9 Å². The third kappa shape index (κ3) is 3.33. The lowest BCUT2D eigenvalue weighted by molar-refractivity contribution is 0.0660. The molecule has 2 rings (SSSR count). The molecular weight excluding hydrogens is 320 g/mol. The molecule has 0 radical (unpaired) electrons. The molecule has 110 valence electrons. The molecule has 0 aromatic heterocycles. The van der Waals surface area contributed by atoms with Crippen LogP contribution in [0, 0.1) is 0 Å². The summed E-state index contributed by atoms with van der Waals surface area (Å²) in [5.41, 5.74) is 0.630. The van der Waals surface area contributed by atoms with E-state index in [1.807, 2.05) is 23.1 Å². The quantitative estimate of drug-likeness (QED) is 0.847. The second-order valence-electron chi connectivity index (χ2n) is 5.33. The highest BCUT2D eigenvalue weighted by Crippen LogP contribution is 2.26. The third-order valence-corrected chi connectivity index (χ3v) is 4.37. The van der Waals surface area contributed by atoms with Crippen LogP contribution in [-0.4, -0.2) is 56.0 Å². The maximum Gasteiger partial charge on any atom is 0.257 e. The van der Waals surface area contributed by atoms with Crippen LogP contribution in [0.3, 0.4) is 0 Å². The molecule has 0 N–H and O–H groups in total. The zero-order valence-corrected chi connectivity index (χ0v) is 13.8. The number of piperidine rings is 1. The molecule has 1 aliphatic rings. The lowest BCUT2D eigenvalue weighted by atomic mass is 10.0. The van der Waals surface area contributed by atoms with Gasteiger partial charge in [0.05, 0.1) is 12.7 Å². The highest BCUT2D eigenvalue weighted by molar-refractivity contribution is 9.10. The number of nitrogens with zero attached hydrogens (tertiary/aromatic N) is 2. The second kappa shape index (κ2) is 6.59. The van der Waals surface area contributed by atoms with Crippen LogP contribution in [0.1, 0.15) is 23.2 Å². The van der Waals surface area contributed by atoms with Crippen molar-refractivity contribution >= 4 is 21.8 Å². The Labute approximate surface area is 128 Å². The highest BCUT2D eigenvalue weighted by Gasteiger charge is 2.26. The molecule has 20 heavy (non-hydrogen) atoms. The van der Waals surface area contributed by atoms with Gasteiger partial charge in [-0.3, -0.25) is 4.79 Å². The summed E-state index contributed by atoms with van der Waals surface area (Å²) in [5, 5.41) is 0. The van der Waals surface area contributed by atoms with E-state index in [0.29, 0.717) is 17.4 Å². The summed E-state index contributed by atoms with van der Waals surface area (Å²) in [5.74, 6) is 0.688. The van der Waals surface area contributed by atoms with Crippen molar-refractivity contribution in [3.05, 3.63) is 28.2 Å². The molecule has 1 fully saturated rings. The number of ether oxygens (including phenoxy) is 1. The fourth-order valence-corrected chi connectivity index (χ4v) is 2.96. The Kier molecular flexibility index (Phi) is 5.05. The molecule has 1 saturated heterocycles.